The maximum atomic E-state index is 13.0. The summed E-state index contributed by atoms with van der Waals surface area (Å²) in [5.41, 5.74) is -0.329. The lowest BCUT2D eigenvalue weighted by Crippen LogP contribution is -2.21. The van der Waals surface area contributed by atoms with E-state index in [4.69, 9.17) is 4.74 Å². The van der Waals surface area contributed by atoms with Crippen molar-refractivity contribution >= 4 is 23.3 Å². The van der Waals surface area contributed by atoms with Crippen molar-refractivity contribution in [2.45, 2.75) is 0 Å². The van der Waals surface area contributed by atoms with Gasteiger partial charge in [0.1, 0.15) is 11.5 Å². The number of halogens is 1. The minimum absolute atomic E-state index is 0.00990. The SMILES string of the molecule is O=C(COC(=O)c1cccc(F)c1)Nc1ccccc1[N+](=O)[O-]. The Morgan fingerprint density at radius 2 is 1.91 bits per heavy atom. The molecule has 0 atom stereocenters. The smallest absolute Gasteiger partial charge is 0.338 e. The number of esters is 1. The van der Waals surface area contributed by atoms with Gasteiger partial charge in [-0.1, -0.05) is 18.2 Å². The van der Waals surface area contributed by atoms with Crippen LogP contribution in [0.2, 0.25) is 0 Å². The number of nitro benzene ring substituents is 1. The molecule has 0 unspecified atom stereocenters. The van der Waals surface area contributed by atoms with Crippen LogP contribution in [0, 0.1) is 15.9 Å². The molecule has 0 bridgehead atoms. The minimum Gasteiger partial charge on any atom is -0.452 e. The minimum atomic E-state index is -0.873. The van der Waals surface area contributed by atoms with Crippen molar-refractivity contribution in [2.75, 3.05) is 11.9 Å². The van der Waals surface area contributed by atoms with Crippen molar-refractivity contribution < 1.29 is 23.6 Å². The summed E-state index contributed by atoms with van der Waals surface area (Å²) in [6.45, 7) is -0.651. The van der Waals surface area contributed by atoms with Gasteiger partial charge in [-0.05, 0) is 24.3 Å². The van der Waals surface area contributed by atoms with Crippen LogP contribution < -0.4 is 5.32 Å². The van der Waals surface area contributed by atoms with Gasteiger partial charge in [0.15, 0.2) is 6.61 Å². The van der Waals surface area contributed by atoms with Crippen molar-refractivity contribution in [1.82, 2.24) is 0 Å². The van der Waals surface area contributed by atoms with E-state index >= 15 is 0 Å². The highest BCUT2D eigenvalue weighted by molar-refractivity contribution is 5.96. The molecule has 0 saturated carbocycles. The first-order valence-electron chi connectivity index (χ1n) is 6.43. The predicted octanol–water partition coefficient (Wildman–Crippen LogP) is 2.53. The zero-order valence-corrected chi connectivity index (χ0v) is 11.7. The number of nitrogens with zero attached hydrogens (tertiary/aromatic N) is 1. The molecule has 2 aromatic rings. The Kier molecular flexibility index (Phi) is 4.98. The van der Waals surface area contributed by atoms with Gasteiger partial charge in [0.05, 0.1) is 10.5 Å². The van der Waals surface area contributed by atoms with Gasteiger partial charge in [-0.2, -0.15) is 0 Å². The molecule has 0 aliphatic heterocycles. The van der Waals surface area contributed by atoms with E-state index in [0.717, 1.165) is 12.1 Å². The largest absolute Gasteiger partial charge is 0.452 e. The fourth-order valence-electron chi connectivity index (χ4n) is 1.75. The molecule has 0 heterocycles. The Morgan fingerprint density at radius 3 is 2.61 bits per heavy atom. The summed E-state index contributed by atoms with van der Waals surface area (Å²) in [6, 6.07) is 10.4. The maximum absolute atomic E-state index is 13.0. The molecule has 2 aromatic carbocycles. The van der Waals surface area contributed by atoms with Crippen molar-refractivity contribution in [1.29, 1.82) is 0 Å². The fraction of sp³-hybridized carbons (Fsp3) is 0.0667. The van der Waals surface area contributed by atoms with E-state index in [0.29, 0.717) is 0 Å². The van der Waals surface area contributed by atoms with Crippen LogP contribution in [0.5, 0.6) is 0 Å². The van der Waals surface area contributed by atoms with Crippen LogP contribution in [-0.4, -0.2) is 23.4 Å². The number of para-hydroxylation sites is 2. The average molecular weight is 318 g/mol. The number of carbonyl (C=O) groups excluding carboxylic acids is 2. The summed E-state index contributed by atoms with van der Waals surface area (Å²) in [5, 5.41) is 13.1. The number of anilines is 1. The summed E-state index contributed by atoms with van der Waals surface area (Å²) < 4.78 is 17.7. The third-order valence-corrected chi connectivity index (χ3v) is 2.77. The van der Waals surface area contributed by atoms with Gasteiger partial charge in [0, 0.05) is 6.07 Å². The number of hydrogen-bond acceptors (Lipinski definition) is 5. The van der Waals surface area contributed by atoms with E-state index in [-0.39, 0.29) is 16.9 Å². The summed E-state index contributed by atoms with van der Waals surface area (Å²) >= 11 is 0. The van der Waals surface area contributed by atoms with Crippen molar-refractivity contribution in [3.63, 3.8) is 0 Å². The van der Waals surface area contributed by atoms with Crippen molar-refractivity contribution in [2.24, 2.45) is 0 Å². The Hall–Kier alpha value is -3.29. The number of hydrogen-bond donors (Lipinski definition) is 1. The van der Waals surface area contributed by atoms with Gasteiger partial charge >= 0.3 is 5.97 Å². The lowest BCUT2D eigenvalue weighted by Gasteiger charge is -2.07. The molecule has 0 saturated heterocycles. The van der Waals surface area contributed by atoms with Gasteiger partial charge in [-0.15, -0.1) is 0 Å². The summed E-state index contributed by atoms with van der Waals surface area (Å²) in [4.78, 5) is 33.5. The number of nitro groups is 1. The molecule has 0 spiro atoms. The second-order valence-corrected chi connectivity index (χ2v) is 4.41. The number of carbonyl (C=O) groups is 2. The Morgan fingerprint density at radius 1 is 1.17 bits per heavy atom. The highest BCUT2D eigenvalue weighted by Crippen LogP contribution is 2.22. The third-order valence-electron chi connectivity index (χ3n) is 2.77. The first-order valence-corrected chi connectivity index (χ1v) is 6.43. The van der Waals surface area contributed by atoms with E-state index in [9.17, 15) is 24.1 Å². The standard InChI is InChI=1S/C15H11FN2O5/c16-11-5-3-4-10(8-11)15(20)23-9-14(19)17-12-6-1-2-7-13(12)18(21)22/h1-8H,9H2,(H,17,19). The monoisotopic (exact) mass is 318 g/mol. The number of rotatable bonds is 5. The molecule has 0 aliphatic carbocycles. The summed E-state index contributed by atoms with van der Waals surface area (Å²) in [6.07, 6.45) is 0. The number of ether oxygens (including phenoxy) is 1. The maximum Gasteiger partial charge on any atom is 0.338 e. The number of amides is 1. The van der Waals surface area contributed by atoms with Crippen LogP contribution >= 0.6 is 0 Å². The van der Waals surface area contributed by atoms with Crippen LogP contribution in [0.1, 0.15) is 10.4 Å². The Balaban J connectivity index is 1.96. The summed E-state index contributed by atoms with van der Waals surface area (Å²) in [7, 11) is 0. The fourth-order valence-corrected chi connectivity index (χ4v) is 1.75. The zero-order chi connectivity index (χ0) is 16.8. The molecule has 1 amide bonds. The molecular formula is C15H11FN2O5. The number of benzene rings is 2. The first-order chi connectivity index (χ1) is 11.0. The lowest BCUT2D eigenvalue weighted by molar-refractivity contribution is -0.383. The normalized spacial score (nSPS) is 9.96. The van der Waals surface area contributed by atoms with Crippen LogP contribution in [0.3, 0.4) is 0 Å². The van der Waals surface area contributed by atoms with Crippen LogP contribution in [0.15, 0.2) is 48.5 Å². The molecule has 0 fully saturated rings. The molecule has 8 heteroatoms. The summed E-state index contributed by atoms with van der Waals surface area (Å²) in [5.74, 6) is -2.23. The van der Waals surface area contributed by atoms with Gasteiger partial charge < -0.3 is 10.1 Å². The van der Waals surface area contributed by atoms with Gasteiger partial charge in [0.25, 0.3) is 11.6 Å². The molecule has 2 rings (SSSR count). The van der Waals surface area contributed by atoms with Gasteiger partial charge in [-0.3, -0.25) is 14.9 Å². The van der Waals surface area contributed by atoms with E-state index in [1.807, 2.05) is 0 Å². The van der Waals surface area contributed by atoms with Crippen molar-refractivity contribution in [3.05, 3.63) is 70.0 Å². The van der Waals surface area contributed by atoms with Crippen LogP contribution in [0.4, 0.5) is 15.8 Å². The zero-order valence-electron chi connectivity index (χ0n) is 11.7. The molecule has 23 heavy (non-hydrogen) atoms. The molecule has 1 N–H and O–H groups in total. The van der Waals surface area contributed by atoms with E-state index in [2.05, 4.69) is 5.32 Å². The molecule has 118 valence electrons. The van der Waals surface area contributed by atoms with E-state index < -0.39 is 29.2 Å². The highest BCUT2D eigenvalue weighted by atomic mass is 19.1. The molecular weight excluding hydrogens is 307 g/mol. The first kappa shape index (κ1) is 16.1. The van der Waals surface area contributed by atoms with E-state index in [1.165, 1.54) is 36.4 Å². The predicted molar refractivity (Wildman–Crippen MR) is 78.4 cm³/mol. The quantitative estimate of drug-likeness (QED) is 0.519. The van der Waals surface area contributed by atoms with Gasteiger partial charge in [0.2, 0.25) is 0 Å². The molecule has 0 aromatic heterocycles. The average Bonchev–Trinajstić information content (AvgIpc) is 2.53. The van der Waals surface area contributed by atoms with E-state index in [1.54, 1.807) is 0 Å². The van der Waals surface area contributed by atoms with Gasteiger partial charge in [-0.25, -0.2) is 9.18 Å². The highest BCUT2D eigenvalue weighted by Gasteiger charge is 2.16. The van der Waals surface area contributed by atoms with Crippen LogP contribution in [-0.2, 0) is 9.53 Å². The molecule has 0 aliphatic rings. The Labute approximate surface area is 129 Å². The molecule has 0 radical (unpaired) electrons. The Bertz CT molecular complexity index is 763. The van der Waals surface area contributed by atoms with Crippen LogP contribution in [0.25, 0.3) is 0 Å². The molecule has 7 nitrogen and oxygen atoms in total. The third kappa shape index (κ3) is 4.34. The van der Waals surface area contributed by atoms with Crippen molar-refractivity contribution in [3.8, 4) is 0 Å². The second-order valence-electron chi connectivity index (χ2n) is 4.41. The number of nitrogens with one attached hydrogen (secondary N) is 1. The second kappa shape index (κ2) is 7.12. The topological polar surface area (TPSA) is 98.5 Å². The lowest BCUT2D eigenvalue weighted by atomic mass is 10.2.